The summed E-state index contributed by atoms with van der Waals surface area (Å²) in [6.45, 7) is 8.05. The first-order chi connectivity index (χ1) is 19.1. The molecule has 0 saturated carbocycles. The molecule has 2 aromatic rings. The number of carbonyl (C=O) groups is 2. The van der Waals surface area contributed by atoms with Gasteiger partial charge in [0.25, 0.3) is 5.91 Å². The van der Waals surface area contributed by atoms with Gasteiger partial charge in [-0.3, -0.25) is 9.59 Å². The van der Waals surface area contributed by atoms with Crippen molar-refractivity contribution in [2.45, 2.75) is 44.8 Å². The third-order valence-corrected chi connectivity index (χ3v) is 6.99. The van der Waals surface area contributed by atoms with Gasteiger partial charge in [0.15, 0.2) is 5.82 Å². The van der Waals surface area contributed by atoms with E-state index in [1.165, 1.54) is 11.1 Å². The Morgan fingerprint density at radius 2 is 1.95 bits per heavy atom. The fourth-order valence-corrected chi connectivity index (χ4v) is 4.85. The molecule has 1 aromatic heterocycles. The predicted octanol–water partition coefficient (Wildman–Crippen LogP) is 4.46. The molecule has 1 fully saturated rings. The second kappa shape index (κ2) is 12.5. The Hall–Kier alpha value is -3.93. The minimum absolute atomic E-state index is 0.109. The number of likely N-dealkylation sites (tertiary alicyclic amines) is 1. The number of nitrogens with one attached hydrogen (secondary N) is 2. The standard InChI is InChI=1S/C28H34F3N7O2/c1-4-23(19-11-16-37(17-12-19)24(39)10-14-28(29,30)31)25-34-27(35-38(25)5-2)33-21-8-6-20(7-9-21)26(40)32-22-13-15-36(3)18-22/h4-9,11,22H,2,10,12-18H2,1,3H3,(H,32,40)(H,33,35)/b23-4-. The van der Waals surface area contributed by atoms with Crippen molar-refractivity contribution < 1.29 is 22.8 Å². The van der Waals surface area contributed by atoms with Crippen molar-refractivity contribution in [1.29, 1.82) is 0 Å². The summed E-state index contributed by atoms with van der Waals surface area (Å²) in [4.78, 5) is 33.0. The molecule has 40 heavy (non-hydrogen) atoms. The lowest BCUT2D eigenvalue weighted by Crippen LogP contribution is -2.36. The van der Waals surface area contributed by atoms with Crippen LogP contribution in [0.15, 0.2) is 48.6 Å². The van der Waals surface area contributed by atoms with Crippen molar-refractivity contribution in [1.82, 2.24) is 29.9 Å². The first kappa shape index (κ1) is 29.1. The molecule has 2 N–H and O–H groups in total. The zero-order valence-corrected chi connectivity index (χ0v) is 22.7. The normalized spacial score (nSPS) is 18.4. The molecule has 0 aliphatic carbocycles. The lowest BCUT2D eigenvalue weighted by Gasteiger charge is -2.27. The summed E-state index contributed by atoms with van der Waals surface area (Å²) >= 11 is 0. The van der Waals surface area contributed by atoms with E-state index in [1.54, 1.807) is 28.9 Å². The monoisotopic (exact) mass is 557 g/mol. The summed E-state index contributed by atoms with van der Waals surface area (Å²) in [5.41, 5.74) is 2.99. The molecule has 4 rings (SSSR count). The zero-order chi connectivity index (χ0) is 28.9. The molecule has 9 nitrogen and oxygen atoms in total. The number of amides is 2. The van der Waals surface area contributed by atoms with E-state index < -0.39 is 24.9 Å². The van der Waals surface area contributed by atoms with Crippen molar-refractivity contribution >= 4 is 35.2 Å². The molecule has 0 spiro atoms. The van der Waals surface area contributed by atoms with Crippen molar-refractivity contribution in [2.24, 2.45) is 0 Å². The Bertz CT molecular complexity index is 1300. The molecule has 0 radical (unpaired) electrons. The quantitative estimate of drug-likeness (QED) is 0.473. The number of likely N-dealkylation sites (N-methyl/N-ethyl adjacent to an activating group) is 1. The van der Waals surface area contributed by atoms with E-state index >= 15 is 0 Å². The van der Waals surface area contributed by atoms with E-state index in [4.69, 9.17) is 0 Å². The molecule has 1 unspecified atom stereocenters. The van der Waals surface area contributed by atoms with Crippen LogP contribution in [0.3, 0.4) is 0 Å². The number of rotatable bonds is 9. The van der Waals surface area contributed by atoms with E-state index in [0.29, 0.717) is 36.0 Å². The van der Waals surface area contributed by atoms with Crippen LogP contribution < -0.4 is 10.6 Å². The van der Waals surface area contributed by atoms with Crippen molar-refractivity contribution in [3.63, 3.8) is 0 Å². The van der Waals surface area contributed by atoms with Gasteiger partial charge in [0.1, 0.15) is 0 Å². The number of hydrogen-bond donors (Lipinski definition) is 2. The van der Waals surface area contributed by atoms with Crippen LogP contribution in [-0.4, -0.2) is 81.8 Å². The highest BCUT2D eigenvalue weighted by atomic mass is 19.4. The second-order valence-electron chi connectivity index (χ2n) is 9.95. The average Bonchev–Trinajstić information content (AvgIpc) is 3.53. The van der Waals surface area contributed by atoms with E-state index in [9.17, 15) is 22.8 Å². The first-order valence-electron chi connectivity index (χ1n) is 13.2. The van der Waals surface area contributed by atoms with Gasteiger partial charge in [0.2, 0.25) is 11.9 Å². The summed E-state index contributed by atoms with van der Waals surface area (Å²) in [7, 11) is 2.03. The summed E-state index contributed by atoms with van der Waals surface area (Å²) in [6, 6.07) is 7.21. The zero-order valence-electron chi connectivity index (χ0n) is 22.7. The van der Waals surface area contributed by atoms with Crippen LogP contribution in [0.5, 0.6) is 0 Å². The molecule has 2 aliphatic rings. The minimum atomic E-state index is -4.35. The molecule has 1 aromatic carbocycles. The Kier molecular flexibility index (Phi) is 9.08. The predicted molar refractivity (Wildman–Crippen MR) is 148 cm³/mol. The van der Waals surface area contributed by atoms with Gasteiger partial charge in [-0.2, -0.15) is 18.2 Å². The lowest BCUT2D eigenvalue weighted by molar-refractivity contribution is -0.148. The number of anilines is 2. The van der Waals surface area contributed by atoms with Crippen molar-refractivity contribution in [3.05, 3.63) is 60.0 Å². The maximum Gasteiger partial charge on any atom is 0.389 e. The largest absolute Gasteiger partial charge is 0.389 e. The molecular weight excluding hydrogens is 523 g/mol. The van der Waals surface area contributed by atoms with Gasteiger partial charge in [-0.25, -0.2) is 4.68 Å². The molecule has 1 saturated heterocycles. The van der Waals surface area contributed by atoms with Gasteiger partial charge in [-0.05, 0) is 63.2 Å². The fraction of sp³-hybridized carbons (Fsp3) is 0.429. The third-order valence-electron chi connectivity index (χ3n) is 6.99. The van der Waals surface area contributed by atoms with Gasteiger partial charge < -0.3 is 20.4 Å². The van der Waals surface area contributed by atoms with Crippen LogP contribution in [0.2, 0.25) is 0 Å². The van der Waals surface area contributed by atoms with E-state index in [2.05, 4.69) is 32.2 Å². The number of aromatic nitrogens is 3. The Balaban J connectivity index is 1.40. The van der Waals surface area contributed by atoms with Gasteiger partial charge >= 0.3 is 6.18 Å². The third kappa shape index (κ3) is 7.38. The number of hydrogen-bond acceptors (Lipinski definition) is 6. The number of benzene rings is 1. The second-order valence-corrected chi connectivity index (χ2v) is 9.95. The number of alkyl halides is 3. The lowest BCUT2D eigenvalue weighted by atomic mass is 9.98. The van der Waals surface area contributed by atoms with Crippen LogP contribution >= 0.6 is 0 Å². The topological polar surface area (TPSA) is 95.4 Å². The number of carbonyl (C=O) groups excluding carboxylic acids is 2. The maximum atomic E-state index is 12.6. The summed E-state index contributed by atoms with van der Waals surface area (Å²) in [5.74, 6) is 0.258. The van der Waals surface area contributed by atoms with Crippen LogP contribution in [0.4, 0.5) is 24.8 Å². The van der Waals surface area contributed by atoms with Crippen molar-refractivity contribution in [3.8, 4) is 0 Å². The Labute approximate surface area is 231 Å². The molecule has 2 amide bonds. The number of halogens is 3. The van der Waals surface area contributed by atoms with E-state index in [1.807, 2.05) is 26.1 Å². The number of nitrogens with zero attached hydrogens (tertiary/aromatic N) is 5. The van der Waals surface area contributed by atoms with Gasteiger partial charge in [0.05, 0.1) is 6.42 Å². The molecule has 1 atom stereocenters. The molecule has 3 heterocycles. The Morgan fingerprint density at radius 3 is 2.52 bits per heavy atom. The van der Waals surface area contributed by atoms with E-state index in [0.717, 1.165) is 30.7 Å². The van der Waals surface area contributed by atoms with Crippen LogP contribution in [-0.2, 0) is 4.79 Å². The molecule has 2 aliphatic heterocycles. The highest BCUT2D eigenvalue weighted by molar-refractivity contribution is 5.94. The number of allylic oxidation sites excluding steroid dienone is 2. The van der Waals surface area contributed by atoms with Gasteiger partial charge in [-0.15, -0.1) is 5.10 Å². The maximum absolute atomic E-state index is 12.6. The fourth-order valence-electron chi connectivity index (χ4n) is 4.85. The Morgan fingerprint density at radius 1 is 1.20 bits per heavy atom. The van der Waals surface area contributed by atoms with Crippen LogP contribution in [0.25, 0.3) is 11.8 Å². The van der Waals surface area contributed by atoms with Gasteiger partial charge in [0, 0.05) is 55.1 Å². The van der Waals surface area contributed by atoms with Crippen LogP contribution in [0.1, 0.15) is 48.8 Å². The smallest absolute Gasteiger partial charge is 0.348 e. The first-order valence-corrected chi connectivity index (χ1v) is 13.2. The molecule has 214 valence electrons. The van der Waals surface area contributed by atoms with Crippen molar-refractivity contribution in [2.75, 3.05) is 38.5 Å². The molecular formula is C28H34F3N7O2. The SMILES string of the molecule is C=Cn1nc(Nc2ccc(C(=O)NC3CCN(C)C3)cc2)nc1/C(=C\C)C1=CCN(C(=O)CCC(F)(F)F)CC1. The highest BCUT2D eigenvalue weighted by Crippen LogP contribution is 2.29. The molecule has 12 heteroatoms. The van der Waals surface area contributed by atoms with Gasteiger partial charge in [-0.1, -0.05) is 18.7 Å². The minimum Gasteiger partial charge on any atom is -0.348 e. The molecule has 0 bridgehead atoms. The highest BCUT2D eigenvalue weighted by Gasteiger charge is 2.30. The van der Waals surface area contributed by atoms with E-state index in [-0.39, 0.29) is 18.5 Å². The summed E-state index contributed by atoms with van der Waals surface area (Å²) < 4.78 is 39.0. The average molecular weight is 558 g/mol. The summed E-state index contributed by atoms with van der Waals surface area (Å²) in [6.07, 6.45) is 0.646. The summed E-state index contributed by atoms with van der Waals surface area (Å²) in [5, 5.41) is 10.7. The van der Waals surface area contributed by atoms with Crippen LogP contribution in [0, 0.1) is 0 Å².